The van der Waals surface area contributed by atoms with Gasteiger partial charge in [-0.15, -0.1) is 11.8 Å². The Morgan fingerprint density at radius 3 is 2.61 bits per heavy atom. The van der Waals surface area contributed by atoms with Crippen molar-refractivity contribution in [2.24, 2.45) is 0 Å². The number of anilines is 5. The second-order valence-corrected chi connectivity index (χ2v) is 10.7. The molecule has 0 aliphatic heterocycles. The van der Waals surface area contributed by atoms with Gasteiger partial charge >= 0.3 is 0 Å². The number of ether oxygens (including phenoxy) is 1. The first-order valence-corrected chi connectivity index (χ1v) is 14.0. The molecule has 3 aromatic rings. The lowest BCUT2D eigenvalue weighted by atomic mass is 10.2. The van der Waals surface area contributed by atoms with E-state index in [2.05, 4.69) is 32.5 Å². The van der Waals surface area contributed by atoms with Crippen molar-refractivity contribution < 1.29 is 22.3 Å². The first-order valence-electron chi connectivity index (χ1n) is 10.8. The van der Waals surface area contributed by atoms with Gasteiger partial charge in [-0.1, -0.05) is 12.6 Å². The van der Waals surface area contributed by atoms with Crippen LogP contribution >= 0.6 is 11.8 Å². The molecule has 2 aromatic carbocycles. The third kappa shape index (κ3) is 8.24. The van der Waals surface area contributed by atoms with Crippen molar-refractivity contribution in [3.63, 3.8) is 0 Å². The van der Waals surface area contributed by atoms with Gasteiger partial charge in [0.05, 0.1) is 17.3 Å². The molecule has 12 heteroatoms. The molecule has 0 atom stereocenters. The van der Waals surface area contributed by atoms with Crippen molar-refractivity contribution >= 4 is 56.3 Å². The SMILES string of the molecule is C=CC(=O)Nc1cccc(Nc2nc(Nc3ccc(OCCCS(C)(=O)=O)c(F)c3)ncc2SC)c1. The Morgan fingerprint density at radius 1 is 1.17 bits per heavy atom. The van der Waals surface area contributed by atoms with Crippen molar-refractivity contribution in [1.82, 2.24) is 9.97 Å². The predicted octanol–water partition coefficient (Wildman–Crippen LogP) is 4.76. The summed E-state index contributed by atoms with van der Waals surface area (Å²) in [5.41, 5.74) is 1.70. The van der Waals surface area contributed by atoms with Crippen molar-refractivity contribution in [2.45, 2.75) is 11.3 Å². The van der Waals surface area contributed by atoms with E-state index in [0.29, 0.717) is 22.9 Å². The van der Waals surface area contributed by atoms with E-state index in [0.717, 1.165) is 11.2 Å². The number of carbonyl (C=O) groups excluding carboxylic acids is 1. The third-order valence-electron chi connectivity index (χ3n) is 4.66. The number of nitrogens with one attached hydrogen (secondary N) is 3. The fraction of sp³-hybridized carbons (Fsp3) is 0.208. The van der Waals surface area contributed by atoms with Crippen LogP contribution in [-0.4, -0.2) is 49.2 Å². The van der Waals surface area contributed by atoms with Gasteiger partial charge < -0.3 is 20.7 Å². The molecule has 3 rings (SSSR count). The molecular weight excluding hydrogens is 505 g/mol. The lowest BCUT2D eigenvalue weighted by Crippen LogP contribution is -2.08. The van der Waals surface area contributed by atoms with Crippen LogP contribution in [0.15, 0.2) is 66.2 Å². The number of thioether (sulfide) groups is 1. The number of sulfone groups is 1. The standard InChI is InChI=1S/C24H26FN5O4S2/c1-4-22(31)27-16-7-5-8-17(13-16)28-23-21(35-2)15-26-24(30-23)29-18-9-10-20(19(25)14-18)34-11-6-12-36(3,32)33/h4-5,7-10,13-15H,1,6,11-12H2,2-3H3,(H,27,31)(H2,26,28,29,30). The van der Waals surface area contributed by atoms with E-state index in [9.17, 15) is 17.6 Å². The summed E-state index contributed by atoms with van der Waals surface area (Å²) in [6, 6.07) is 11.4. The molecule has 1 heterocycles. The van der Waals surface area contributed by atoms with Crippen LogP contribution in [0.2, 0.25) is 0 Å². The van der Waals surface area contributed by atoms with Crippen LogP contribution in [0.5, 0.6) is 5.75 Å². The van der Waals surface area contributed by atoms with Crippen LogP contribution in [0.3, 0.4) is 0 Å². The molecule has 0 aliphatic rings. The molecule has 0 fully saturated rings. The molecule has 0 bridgehead atoms. The van der Waals surface area contributed by atoms with E-state index in [-0.39, 0.29) is 36.4 Å². The number of carbonyl (C=O) groups is 1. The number of nitrogens with zero attached hydrogens (tertiary/aromatic N) is 2. The minimum absolute atomic E-state index is 0.0260. The summed E-state index contributed by atoms with van der Waals surface area (Å²) < 4.78 is 42.2. The van der Waals surface area contributed by atoms with E-state index in [1.807, 2.05) is 12.3 Å². The number of aromatic nitrogens is 2. The lowest BCUT2D eigenvalue weighted by Gasteiger charge is -2.13. The van der Waals surface area contributed by atoms with Crippen LogP contribution in [-0.2, 0) is 14.6 Å². The van der Waals surface area contributed by atoms with Crippen LogP contribution in [0.1, 0.15) is 6.42 Å². The minimum Gasteiger partial charge on any atom is -0.490 e. The van der Waals surface area contributed by atoms with Gasteiger partial charge in [-0.3, -0.25) is 4.79 Å². The van der Waals surface area contributed by atoms with Crippen LogP contribution in [0.25, 0.3) is 0 Å². The average Bonchev–Trinajstić information content (AvgIpc) is 2.82. The van der Waals surface area contributed by atoms with Crippen molar-refractivity contribution in [1.29, 1.82) is 0 Å². The minimum atomic E-state index is -3.09. The van der Waals surface area contributed by atoms with Gasteiger partial charge in [-0.2, -0.15) is 4.98 Å². The number of halogens is 1. The fourth-order valence-corrected chi connectivity index (χ4v) is 4.09. The number of rotatable bonds is 12. The quantitative estimate of drug-likeness (QED) is 0.172. The Hall–Kier alpha value is -3.64. The largest absolute Gasteiger partial charge is 0.490 e. The zero-order valence-electron chi connectivity index (χ0n) is 19.7. The topological polar surface area (TPSA) is 122 Å². The Morgan fingerprint density at radius 2 is 1.92 bits per heavy atom. The zero-order valence-corrected chi connectivity index (χ0v) is 21.4. The van der Waals surface area contributed by atoms with Crippen molar-refractivity contribution in [2.75, 3.05) is 40.8 Å². The monoisotopic (exact) mass is 531 g/mol. The van der Waals surface area contributed by atoms with Crippen molar-refractivity contribution in [3.8, 4) is 5.75 Å². The summed E-state index contributed by atoms with van der Waals surface area (Å²) in [5, 5.41) is 8.89. The number of benzene rings is 2. The molecule has 36 heavy (non-hydrogen) atoms. The highest BCUT2D eigenvalue weighted by atomic mass is 32.2. The highest BCUT2D eigenvalue weighted by molar-refractivity contribution is 7.98. The van der Waals surface area contributed by atoms with E-state index in [1.54, 1.807) is 30.5 Å². The van der Waals surface area contributed by atoms with E-state index in [4.69, 9.17) is 4.74 Å². The summed E-state index contributed by atoms with van der Waals surface area (Å²) >= 11 is 1.45. The van der Waals surface area contributed by atoms with Crippen LogP contribution in [0.4, 0.5) is 33.2 Å². The Kier molecular flexibility index (Phi) is 9.25. The van der Waals surface area contributed by atoms with Crippen LogP contribution in [0, 0.1) is 5.82 Å². The predicted molar refractivity (Wildman–Crippen MR) is 142 cm³/mol. The van der Waals surface area contributed by atoms with Gasteiger partial charge in [0, 0.05) is 35.6 Å². The molecular formula is C24H26FN5O4S2. The Bertz CT molecular complexity index is 1350. The van der Waals surface area contributed by atoms with Crippen molar-refractivity contribution in [3.05, 3.63) is 67.1 Å². The Balaban J connectivity index is 1.70. The summed E-state index contributed by atoms with van der Waals surface area (Å²) in [6.45, 7) is 3.53. The van der Waals surface area contributed by atoms with E-state index < -0.39 is 15.7 Å². The summed E-state index contributed by atoms with van der Waals surface area (Å²) in [7, 11) is -3.09. The summed E-state index contributed by atoms with van der Waals surface area (Å²) in [5.74, 6) is -0.147. The molecule has 190 valence electrons. The van der Waals surface area contributed by atoms with E-state index >= 15 is 0 Å². The normalized spacial score (nSPS) is 11.0. The zero-order chi connectivity index (χ0) is 26.1. The maximum atomic E-state index is 14.5. The molecule has 0 aliphatic carbocycles. The molecule has 0 saturated carbocycles. The molecule has 0 saturated heterocycles. The van der Waals surface area contributed by atoms with Crippen LogP contribution < -0.4 is 20.7 Å². The van der Waals surface area contributed by atoms with Gasteiger partial charge in [-0.05, 0) is 49.1 Å². The average molecular weight is 532 g/mol. The molecule has 1 aromatic heterocycles. The summed E-state index contributed by atoms with van der Waals surface area (Å²) in [4.78, 5) is 21.2. The first-order chi connectivity index (χ1) is 17.2. The molecule has 9 nitrogen and oxygen atoms in total. The lowest BCUT2D eigenvalue weighted by molar-refractivity contribution is -0.111. The molecule has 1 amide bonds. The van der Waals surface area contributed by atoms with Gasteiger partial charge in [-0.25, -0.2) is 17.8 Å². The highest BCUT2D eigenvalue weighted by Crippen LogP contribution is 2.29. The molecule has 0 spiro atoms. The summed E-state index contributed by atoms with van der Waals surface area (Å²) in [6.07, 6.45) is 6.13. The number of amides is 1. The number of hydrogen-bond acceptors (Lipinski definition) is 9. The van der Waals surface area contributed by atoms with Gasteiger partial charge in [0.25, 0.3) is 0 Å². The van der Waals surface area contributed by atoms with Gasteiger partial charge in [0.1, 0.15) is 15.7 Å². The van der Waals surface area contributed by atoms with E-state index in [1.165, 1.54) is 30.0 Å². The highest BCUT2D eigenvalue weighted by Gasteiger charge is 2.11. The second kappa shape index (κ2) is 12.4. The molecule has 0 unspecified atom stereocenters. The molecule has 3 N–H and O–H groups in total. The van der Waals surface area contributed by atoms with Gasteiger partial charge in [0.15, 0.2) is 11.6 Å². The molecule has 0 radical (unpaired) electrons. The smallest absolute Gasteiger partial charge is 0.247 e. The third-order valence-corrected chi connectivity index (χ3v) is 6.43. The Labute approximate surface area is 213 Å². The maximum Gasteiger partial charge on any atom is 0.247 e. The fourth-order valence-electron chi connectivity index (χ4n) is 3.00. The maximum absolute atomic E-state index is 14.5. The first kappa shape index (κ1) is 27.0. The van der Waals surface area contributed by atoms with Gasteiger partial charge in [0.2, 0.25) is 11.9 Å². The second-order valence-electron chi connectivity index (χ2n) is 7.61. The number of hydrogen-bond donors (Lipinski definition) is 3.